The van der Waals surface area contributed by atoms with E-state index in [4.69, 9.17) is 4.74 Å². The second-order valence-corrected chi connectivity index (χ2v) is 7.73. The van der Waals surface area contributed by atoms with Crippen LogP contribution in [0.3, 0.4) is 0 Å². The van der Waals surface area contributed by atoms with E-state index in [1.165, 1.54) is 10.1 Å². The number of nitrogens with one attached hydrogen (secondary N) is 1. The number of carbonyl (C=O) groups excluding carboxylic acids is 1. The molecule has 1 unspecified atom stereocenters. The van der Waals surface area contributed by atoms with E-state index in [9.17, 15) is 4.79 Å². The van der Waals surface area contributed by atoms with Crippen LogP contribution in [0.1, 0.15) is 38.6 Å². The van der Waals surface area contributed by atoms with Gasteiger partial charge in [-0.3, -0.25) is 0 Å². The Morgan fingerprint density at radius 3 is 2.70 bits per heavy atom. The van der Waals surface area contributed by atoms with Crippen LogP contribution in [0, 0.1) is 0 Å². The lowest BCUT2D eigenvalue weighted by Gasteiger charge is -2.21. The summed E-state index contributed by atoms with van der Waals surface area (Å²) >= 11 is 5.15. The standard InChI is InChI=1S/C15H18BrNO2S/c1-9(17-14(18)19-15(2,3)4)12-7-10-5-6-11(16)8-13(10)20-12/h5-9H,1-4H3,(H,17,18). The molecule has 0 fully saturated rings. The number of benzene rings is 1. The first-order valence-electron chi connectivity index (χ1n) is 6.43. The maximum atomic E-state index is 11.8. The summed E-state index contributed by atoms with van der Waals surface area (Å²) in [5.41, 5.74) is -0.477. The molecule has 0 aliphatic carbocycles. The highest BCUT2D eigenvalue weighted by atomic mass is 79.9. The van der Waals surface area contributed by atoms with Gasteiger partial charge in [-0.2, -0.15) is 0 Å². The van der Waals surface area contributed by atoms with Gasteiger partial charge in [-0.05, 0) is 51.3 Å². The maximum Gasteiger partial charge on any atom is 0.408 e. The minimum absolute atomic E-state index is 0.0685. The second-order valence-electron chi connectivity index (χ2n) is 5.70. The molecule has 20 heavy (non-hydrogen) atoms. The van der Waals surface area contributed by atoms with E-state index in [1.54, 1.807) is 11.3 Å². The molecule has 0 saturated heterocycles. The van der Waals surface area contributed by atoms with Gasteiger partial charge in [-0.1, -0.05) is 22.0 Å². The quantitative estimate of drug-likeness (QED) is 0.798. The lowest BCUT2D eigenvalue weighted by atomic mass is 10.2. The maximum absolute atomic E-state index is 11.8. The topological polar surface area (TPSA) is 38.3 Å². The summed E-state index contributed by atoms with van der Waals surface area (Å²) in [6.45, 7) is 7.53. The molecule has 1 aromatic carbocycles. The summed E-state index contributed by atoms with van der Waals surface area (Å²) < 4.78 is 7.53. The Kier molecular flexibility index (Phi) is 4.39. The van der Waals surface area contributed by atoms with Crippen molar-refractivity contribution in [2.75, 3.05) is 0 Å². The molecule has 1 N–H and O–H groups in total. The Hall–Kier alpha value is -1.07. The number of thiophene rings is 1. The van der Waals surface area contributed by atoms with E-state index in [0.717, 1.165) is 9.35 Å². The third-order valence-electron chi connectivity index (χ3n) is 2.66. The Morgan fingerprint density at radius 2 is 2.05 bits per heavy atom. The minimum atomic E-state index is -0.477. The lowest BCUT2D eigenvalue weighted by molar-refractivity contribution is 0.0509. The second kappa shape index (κ2) is 5.74. The molecule has 0 aliphatic rings. The molecule has 5 heteroatoms. The normalized spacial score (nSPS) is 13.2. The summed E-state index contributed by atoms with van der Waals surface area (Å²) in [6, 6.07) is 8.21. The summed E-state index contributed by atoms with van der Waals surface area (Å²) in [7, 11) is 0. The monoisotopic (exact) mass is 355 g/mol. The first kappa shape index (κ1) is 15.3. The number of hydrogen-bond donors (Lipinski definition) is 1. The van der Waals surface area contributed by atoms with Crippen LogP contribution in [-0.4, -0.2) is 11.7 Å². The van der Waals surface area contributed by atoms with Crippen molar-refractivity contribution in [1.29, 1.82) is 0 Å². The summed E-state index contributed by atoms with van der Waals surface area (Å²) in [5.74, 6) is 0. The molecule has 0 bridgehead atoms. The molecule has 1 atom stereocenters. The third-order valence-corrected chi connectivity index (χ3v) is 4.44. The van der Waals surface area contributed by atoms with Crippen LogP contribution >= 0.6 is 27.3 Å². The predicted molar refractivity (Wildman–Crippen MR) is 87.3 cm³/mol. The number of alkyl carbamates (subject to hydrolysis) is 1. The number of carbonyl (C=O) groups is 1. The van der Waals surface area contributed by atoms with Gasteiger partial charge in [-0.15, -0.1) is 11.3 Å². The number of amides is 1. The molecule has 0 aliphatic heterocycles. The van der Waals surface area contributed by atoms with E-state index >= 15 is 0 Å². The Morgan fingerprint density at radius 1 is 1.35 bits per heavy atom. The van der Waals surface area contributed by atoms with Crippen LogP contribution in [0.4, 0.5) is 4.79 Å². The highest BCUT2D eigenvalue weighted by Gasteiger charge is 2.19. The molecule has 2 aromatic rings. The first-order valence-corrected chi connectivity index (χ1v) is 8.04. The van der Waals surface area contributed by atoms with Gasteiger partial charge in [-0.25, -0.2) is 4.79 Å². The third kappa shape index (κ3) is 3.96. The number of ether oxygens (including phenoxy) is 1. The van der Waals surface area contributed by atoms with Gasteiger partial charge in [0.05, 0.1) is 6.04 Å². The first-order chi connectivity index (χ1) is 9.24. The van der Waals surface area contributed by atoms with Crippen molar-refractivity contribution in [3.8, 4) is 0 Å². The van der Waals surface area contributed by atoms with Crippen LogP contribution < -0.4 is 5.32 Å². The summed E-state index contributed by atoms with van der Waals surface area (Å²) in [5, 5.41) is 4.05. The average Bonchev–Trinajstić information content (AvgIpc) is 2.68. The lowest BCUT2D eigenvalue weighted by Crippen LogP contribution is -2.33. The molecule has 0 radical (unpaired) electrons. The zero-order chi connectivity index (χ0) is 14.9. The molecule has 1 amide bonds. The fraction of sp³-hybridized carbons (Fsp3) is 0.400. The Balaban J connectivity index is 2.11. The number of hydrogen-bond acceptors (Lipinski definition) is 3. The van der Waals surface area contributed by atoms with Gasteiger partial charge < -0.3 is 10.1 Å². The van der Waals surface area contributed by atoms with Crippen molar-refractivity contribution in [3.05, 3.63) is 33.6 Å². The van der Waals surface area contributed by atoms with Gasteiger partial charge in [0.25, 0.3) is 0 Å². The molecule has 108 valence electrons. The van der Waals surface area contributed by atoms with E-state index in [2.05, 4.69) is 39.4 Å². The van der Waals surface area contributed by atoms with Gasteiger partial charge >= 0.3 is 6.09 Å². The SMILES string of the molecule is CC(NC(=O)OC(C)(C)C)c1cc2ccc(Br)cc2s1. The minimum Gasteiger partial charge on any atom is -0.444 e. The zero-order valence-electron chi connectivity index (χ0n) is 12.0. The smallest absolute Gasteiger partial charge is 0.408 e. The highest BCUT2D eigenvalue weighted by Crippen LogP contribution is 2.31. The zero-order valence-corrected chi connectivity index (χ0v) is 14.4. The molecular formula is C15H18BrNO2S. The van der Waals surface area contributed by atoms with E-state index in [-0.39, 0.29) is 12.1 Å². The highest BCUT2D eigenvalue weighted by molar-refractivity contribution is 9.10. The van der Waals surface area contributed by atoms with Gasteiger partial charge in [0, 0.05) is 14.0 Å². The van der Waals surface area contributed by atoms with Crippen molar-refractivity contribution in [2.45, 2.75) is 39.3 Å². The van der Waals surface area contributed by atoms with Crippen LogP contribution in [0.5, 0.6) is 0 Å². The van der Waals surface area contributed by atoms with E-state index < -0.39 is 5.60 Å². The average molecular weight is 356 g/mol. The number of halogens is 1. The Bertz CT molecular complexity index is 630. The van der Waals surface area contributed by atoms with Gasteiger partial charge in [0.1, 0.15) is 5.60 Å². The van der Waals surface area contributed by atoms with Crippen LogP contribution in [0.25, 0.3) is 10.1 Å². The van der Waals surface area contributed by atoms with E-state index in [1.807, 2.05) is 33.8 Å². The molecular weight excluding hydrogens is 338 g/mol. The summed E-state index contributed by atoms with van der Waals surface area (Å²) in [6.07, 6.45) is -0.386. The fourth-order valence-electron chi connectivity index (χ4n) is 1.79. The van der Waals surface area contributed by atoms with Crippen molar-refractivity contribution < 1.29 is 9.53 Å². The Labute approximate surface area is 131 Å². The number of fused-ring (bicyclic) bond motifs is 1. The largest absolute Gasteiger partial charge is 0.444 e. The van der Waals surface area contributed by atoms with Gasteiger partial charge in [0.2, 0.25) is 0 Å². The van der Waals surface area contributed by atoms with Crippen molar-refractivity contribution in [3.63, 3.8) is 0 Å². The fourth-order valence-corrected chi connectivity index (χ4v) is 3.41. The van der Waals surface area contributed by atoms with Crippen molar-refractivity contribution in [2.24, 2.45) is 0 Å². The predicted octanol–water partition coefficient (Wildman–Crippen LogP) is 5.25. The van der Waals surface area contributed by atoms with E-state index in [0.29, 0.717) is 0 Å². The molecule has 1 heterocycles. The molecule has 3 nitrogen and oxygen atoms in total. The molecule has 0 saturated carbocycles. The van der Waals surface area contributed by atoms with Crippen molar-refractivity contribution in [1.82, 2.24) is 5.32 Å². The summed E-state index contributed by atoms with van der Waals surface area (Å²) in [4.78, 5) is 12.9. The molecule has 0 spiro atoms. The van der Waals surface area contributed by atoms with Crippen molar-refractivity contribution >= 4 is 43.4 Å². The number of rotatable bonds is 2. The van der Waals surface area contributed by atoms with Crippen LogP contribution in [0.15, 0.2) is 28.7 Å². The molecule has 2 rings (SSSR count). The van der Waals surface area contributed by atoms with Crippen LogP contribution in [-0.2, 0) is 4.74 Å². The van der Waals surface area contributed by atoms with Gasteiger partial charge in [0.15, 0.2) is 0 Å². The van der Waals surface area contributed by atoms with Crippen LogP contribution in [0.2, 0.25) is 0 Å². The molecule has 1 aromatic heterocycles.